The predicted octanol–water partition coefficient (Wildman–Crippen LogP) is -0.294. The second-order valence-corrected chi connectivity index (χ2v) is 2.89. The first-order valence-electron chi connectivity index (χ1n) is 3.50. The van der Waals surface area contributed by atoms with Gasteiger partial charge in [0.2, 0.25) is 0 Å². The maximum absolute atomic E-state index is 9.16. The molecule has 0 aromatic carbocycles. The summed E-state index contributed by atoms with van der Waals surface area (Å²) in [6.07, 6.45) is -0.827. The summed E-state index contributed by atoms with van der Waals surface area (Å²) >= 11 is 3.55. The first-order valence-corrected chi connectivity index (χ1v) is 3.87. The van der Waals surface area contributed by atoms with Crippen LogP contribution in [0.5, 0.6) is 0 Å². The van der Waals surface area contributed by atoms with E-state index in [9.17, 15) is 0 Å². The third-order valence-electron chi connectivity index (χ3n) is 1.62. The summed E-state index contributed by atoms with van der Waals surface area (Å²) < 4.78 is 9.54. The molecule has 1 aliphatic rings. The van der Waals surface area contributed by atoms with E-state index < -0.39 is 12.4 Å². The van der Waals surface area contributed by atoms with Crippen LogP contribution in [0.15, 0.2) is 0 Å². The molecule has 1 fully saturated rings. The minimum atomic E-state index is -0.868. The highest BCUT2D eigenvalue weighted by Gasteiger charge is 2.26. The number of ether oxygens (including phenoxy) is 1. The highest BCUT2D eigenvalue weighted by atomic mass is 32.1. The summed E-state index contributed by atoms with van der Waals surface area (Å²) in [5.74, 6) is 0. The van der Waals surface area contributed by atoms with Crippen LogP contribution in [0, 0.1) is 0 Å². The lowest BCUT2D eigenvalue weighted by atomic mass is 10.1. The third-order valence-corrected chi connectivity index (χ3v) is 1.77. The zero-order chi connectivity index (χ0) is 8.27. The highest BCUT2D eigenvalue weighted by molar-refractivity contribution is 7.75. The molecule has 3 unspecified atom stereocenters. The van der Waals surface area contributed by atoms with Gasteiger partial charge in [0.05, 0.1) is 18.8 Å². The summed E-state index contributed by atoms with van der Waals surface area (Å²) in [6.45, 7) is 0.289. The van der Waals surface area contributed by atoms with Crippen LogP contribution in [0.2, 0.25) is 0 Å². The molecule has 0 bridgehead atoms. The van der Waals surface area contributed by atoms with Gasteiger partial charge in [0.1, 0.15) is 0 Å². The molecule has 0 aromatic heterocycles. The molecular formula is C6H12O4S. The fraction of sp³-hybridized carbons (Fsp3) is 1.00. The van der Waals surface area contributed by atoms with Crippen LogP contribution in [-0.4, -0.2) is 35.3 Å². The van der Waals surface area contributed by atoms with Gasteiger partial charge in [-0.05, 0) is 12.9 Å². The Morgan fingerprint density at radius 3 is 2.73 bits per heavy atom. The lowest BCUT2D eigenvalue weighted by Gasteiger charge is -2.29. The molecule has 1 heterocycles. The van der Waals surface area contributed by atoms with E-state index in [1.165, 1.54) is 0 Å². The van der Waals surface area contributed by atoms with Crippen LogP contribution in [0.1, 0.15) is 12.8 Å². The molecule has 5 heteroatoms. The molecule has 0 aliphatic carbocycles. The summed E-state index contributed by atoms with van der Waals surface area (Å²) in [5.41, 5.74) is 0. The van der Waals surface area contributed by atoms with Crippen molar-refractivity contribution < 1.29 is 19.1 Å². The second kappa shape index (κ2) is 4.27. The van der Waals surface area contributed by atoms with E-state index in [1.54, 1.807) is 0 Å². The van der Waals surface area contributed by atoms with Crippen molar-refractivity contribution in [2.45, 2.75) is 31.3 Å². The topological polar surface area (TPSA) is 58.9 Å². The number of hydrogen-bond acceptors (Lipinski definition) is 5. The van der Waals surface area contributed by atoms with Crippen molar-refractivity contribution in [3.05, 3.63) is 0 Å². The molecule has 0 saturated carbocycles. The van der Waals surface area contributed by atoms with Gasteiger partial charge < -0.3 is 19.1 Å². The van der Waals surface area contributed by atoms with Crippen molar-refractivity contribution in [1.82, 2.24) is 0 Å². The Bertz CT molecular complexity index is 111. The Kier molecular flexibility index (Phi) is 3.61. The van der Waals surface area contributed by atoms with Crippen molar-refractivity contribution in [2.24, 2.45) is 0 Å². The molecule has 4 nitrogen and oxygen atoms in total. The van der Waals surface area contributed by atoms with Gasteiger partial charge in [0.25, 0.3) is 0 Å². The largest absolute Gasteiger partial charge is 0.393 e. The Morgan fingerprint density at radius 1 is 1.45 bits per heavy atom. The lowest BCUT2D eigenvalue weighted by molar-refractivity contribution is -0.194. The van der Waals surface area contributed by atoms with E-state index in [2.05, 4.69) is 17.1 Å². The SMILES string of the molecule is OC1CC(O)OC(COS)C1. The number of aliphatic hydroxyl groups excluding tert-OH is 2. The van der Waals surface area contributed by atoms with Gasteiger partial charge in [0.15, 0.2) is 6.29 Å². The number of thiol groups is 1. The standard InChI is InChI=1S/C6H12O4S/c7-4-1-5(3-9-11)10-6(8)2-4/h4-8,11H,1-3H2. The average Bonchev–Trinajstić information content (AvgIpc) is 1.85. The Morgan fingerprint density at radius 2 is 2.18 bits per heavy atom. The molecule has 0 aromatic rings. The normalized spacial score (nSPS) is 39.0. The molecule has 66 valence electrons. The minimum absolute atomic E-state index is 0.244. The van der Waals surface area contributed by atoms with E-state index in [-0.39, 0.29) is 19.1 Å². The number of rotatable bonds is 2. The number of aliphatic hydroxyl groups is 2. The zero-order valence-electron chi connectivity index (χ0n) is 6.01. The molecule has 3 atom stereocenters. The van der Waals surface area contributed by atoms with Crippen LogP contribution in [0.25, 0.3) is 0 Å². The van der Waals surface area contributed by atoms with Gasteiger partial charge in [-0.2, -0.15) is 0 Å². The van der Waals surface area contributed by atoms with Gasteiger partial charge in [-0.25, -0.2) is 0 Å². The smallest absolute Gasteiger partial charge is 0.157 e. The van der Waals surface area contributed by atoms with Crippen LogP contribution in [0.3, 0.4) is 0 Å². The molecule has 0 spiro atoms. The van der Waals surface area contributed by atoms with Crippen molar-refractivity contribution >= 4 is 12.9 Å². The first kappa shape index (κ1) is 9.28. The van der Waals surface area contributed by atoms with Gasteiger partial charge >= 0.3 is 0 Å². The summed E-state index contributed by atoms with van der Waals surface area (Å²) in [6, 6.07) is 0. The van der Waals surface area contributed by atoms with Crippen LogP contribution in [0.4, 0.5) is 0 Å². The molecule has 0 amide bonds. The molecule has 1 aliphatic heterocycles. The fourth-order valence-corrected chi connectivity index (χ4v) is 1.32. The maximum Gasteiger partial charge on any atom is 0.157 e. The molecule has 1 saturated heterocycles. The van der Waals surface area contributed by atoms with Gasteiger partial charge in [-0.3, -0.25) is 0 Å². The van der Waals surface area contributed by atoms with E-state index in [0.29, 0.717) is 6.42 Å². The van der Waals surface area contributed by atoms with Gasteiger partial charge in [-0.1, -0.05) is 0 Å². The van der Waals surface area contributed by atoms with Crippen LogP contribution < -0.4 is 0 Å². The van der Waals surface area contributed by atoms with Crippen molar-refractivity contribution in [3.63, 3.8) is 0 Å². The molecule has 11 heavy (non-hydrogen) atoms. The second-order valence-electron chi connectivity index (χ2n) is 2.63. The van der Waals surface area contributed by atoms with Crippen molar-refractivity contribution in [3.8, 4) is 0 Å². The monoisotopic (exact) mass is 180 g/mol. The zero-order valence-corrected chi connectivity index (χ0v) is 6.91. The third kappa shape index (κ3) is 2.96. The van der Waals surface area contributed by atoms with Gasteiger partial charge in [-0.15, -0.1) is 0 Å². The van der Waals surface area contributed by atoms with Crippen molar-refractivity contribution in [2.75, 3.05) is 6.61 Å². The summed E-state index contributed by atoms with van der Waals surface area (Å²) in [4.78, 5) is 0. The predicted molar refractivity (Wildman–Crippen MR) is 41.1 cm³/mol. The van der Waals surface area contributed by atoms with Crippen molar-refractivity contribution in [1.29, 1.82) is 0 Å². The Labute approximate surface area is 70.7 Å². The Balaban J connectivity index is 2.30. The lowest BCUT2D eigenvalue weighted by Crippen LogP contribution is -2.37. The average molecular weight is 180 g/mol. The van der Waals surface area contributed by atoms with E-state index >= 15 is 0 Å². The molecular weight excluding hydrogens is 168 g/mol. The molecule has 1 rings (SSSR count). The highest BCUT2D eigenvalue weighted by Crippen LogP contribution is 2.18. The van der Waals surface area contributed by atoms with Crippen LogP contribution >= 0.6 is 12.9 Å². The quantitative estimate of drug-likeness (QED) is 0.403. The fourth-order valence-electron chi connectivity index (χ4n) is 1.16. The maximum atomic E-state index is 9.16. The van der Waals surface area contributed by atoms with E-state index in [0.717, 1.165) is 0 Å². The number of hydrogen-bond donors (Lipinski definition) is 3. The summed E-state index contributed by atoms with van der Waals surface area (Å²) in [7, 11) is 0. The Hall–Kier alpha value is 0.190. The first-order chi connectivity index (χ1) is 5.22. The minimum Gasteiger partial charge on any atom is -0.393 e. The molecule has 2 N–H and O–H groups in total. The molecule has 0 radical (unpaired) electrons. The van der Waals surface area contributed by atoms with E-state index in [4.69, 9.17) is 14.9 Å². The summed E-state index contributed by atoms with van der Waals surface area (Å²) in [5, 5.41) is 18.2. The van der Waals surface area contributed by atoms with Gasteiger partial charge in [0, 0.05) is 12.8 Å². The van der Waals surface area contributed by atoms with E-state index in [1.807, 2.05) is 0 Å². The van der Waals surface area contributed by atoms with Crippen LogP contribution in [-0.2, 0) is 8.92 Å².